The molecule has 0 heterocycles. The summed E-state index contributed by atoms with van der Waals surface area (Å²) in [5.74, 6) is 0.601. The molecule has 0 unspecified atom stereocenters. The van der Waals surface area contributed by atoms with Crippen LogP contribution in [0.1, 0.15) is 23.6 Å². The first kappa shape index (κ1) is 26.1. The van der Waals surface area contributed by atoms with Gasteiger partial charge in [0.15, 0.2) is 0 Å². The fourth-order valence-corrected chi connectivity index (χ4v) is 4.89. The molecule has 7 heteroatoms. The smallest absolute Gasteiger partial charge is 0.243 e. The molecule has 0 radical (unpaired) electrons. The van der Waals surface area contributed by atoms with Crippen molar-refractivity contribution in [2.75, 3.05) is 12.3 Å². The molecular weight excluding hydrogens is 487 g/mol. The van der Waals surface area contributed by atoms with Crippen molar-refractivity contribution in [1.29, 1.82) is 0 Å². The van der Waals surface area contributed by atoms with Crippen molar-refractivity contribution in [3.05, 3.63) is 106 Å². The van der Waals surface area contributed by atoms with Crippen LogP contribution >= 0.6 is 35.0 Å². The van der Waals surface area contributed by atoms with Crippen molar-refractivity contribution in [1.82, 2.24) is 10.2 Å². The highest BCUT2D eigenvalue weighted by Crippen LogP contribution is 2.22. The van der Waals surface area contributed by atoms with E-state index in [-0.39, 0.29) is 24.1 Å². The summed E-state index contributed by atoms with van der Waals surface area (Å²) in [6.45, 7) is 2.62. The third-order valence-electron chi connectivity index (χ3n) is 5.30. The Kier molecular flexibility index (Phi) is 10.3. The number of nitrogens with one attached hydrogen (secondary N) is 1. The quantitative estimate of drug-likeness (QED) is 0.341. The minimum Gasteiger partial charge on any atom is -0.355 e. The summed E-state index contributed by atoms with van der Waals surface area (Å²) < 4.78 is 0. The predicted octanol–water partition coefficient (Wildman–Crippen LogP) is 6.00. The van der Waals surface area contributed by atoms with Crippen molar-refractivity contribution in [2.45, 2.75) is 31.7 Å². The number of carbonyl (C=O) groups is 2. The maximum Gasteiger partial charge on any atom is 0.243 e. The molecule has 0 aliphatic heterocycles. The van der Waals surface area contributed by atoms with Crippen molar-refractivity contribution < 1.29 is 9.59 Å². The average Bonchev–Trinajstić information content (AvgIpc) is 2.83. The Hall–Kier alpha value is -2.47. The molecule has 178 valence electrons. The van der Waals surface area contributed by atoms with Gasteiger partial charge in [0.2, 0.25) is 11.8 Å². The van der Waals surface area contributed by atoms with E-state index in [2.05, 4.69) is 5.32 Å². The lowest BCUT2D eigenvalue weighted by atomic mass is 10.0. The van der Waals surface area contributed by atoms with Gasteiger partial charge in [0.05, 0.1) is 5.75 Å². The number of nitrogens with zero attached hydrogens (tertiary/aromatic N) is 1. The number of hydrogen-bond acceptors (Lipinski definition) is 3. The lowest BCUT2D eigenvalue weighted by Crippen LogP contribution is -2.51. The third kappa shape index (κ3) is 7.79. The van der Waals surface area contributed by atoms with Crippen molar-refractivity contribution in [3.8, 4) is 0 Å². The Labute approximate surface area is 215 Å². The minimum absolute atomic E-state index is 0.112. The Morgan fingerprint density at radius 1 is 0.941 bits per heavy atom. The van der Waals surface area contributed by atoms with E-state index >= 15 is 0 Å². The van der Waals surface area contributed by atoms with Crippen LogP contribution in [0.3, 0.4) is 0 Å². The first-order valence-corrected chi connectivity index (χ1v) is 13.1. The average molecular weight is 516 g/mol. The van der Waals surface area contributed by atoms with Crippen LogP contribution in [0.15, 0.2) is 78.9 Å². The van der Waals surface area contributed by atoms with E-state index in [1.807, 2.05) is 79.7 Å². The molecule has 0 fully saturated rings. The number of likely N-dealkylation sites (N-methyl/N-ethyl adjacent to an activating group) is 1. The largest absolute Gasteiger partial charge is 0.355 e. The molecule has 0 aliphatic carbocycles. The summed E-state index contributed by atoms with van der Waals surface area (Å²) in [4.78, 5) is 28.3. The van der Waals surface area contributed by atoms with Crippen molar-refractivity contribution in [2.24, 2.45) is 0 Å². The zero-order valence-electron chi connectivity index (χ0n) is 19.0. The van der Waals surface area contributed by atoms with Gasteiger partial charge in [-0.25, -0.2) is 0 Å². The third-order valence-corrected chi connectivity index (χ3v) is 6.90. The lowest BCUT2D eigenvalue weighted by molar-refractivity contribution is -0.139. The molecule has 1 N–H and O–H groups in total. The van der Waals surface area contributed by atoms with E-state index in [4.69, 9.17) is 23.2 Å². The highest BCUT2D eigenvalue weighted by molar-refractivity contribution is 7.99. The zero-order valence-corrected chi connectivity index (χ0v) is 21.4. The summed E-state index contributed by atoms with van der Waals surface area (Å²) in [7, 11) is 0. The maximum atomic E-state index is 13.5. The summed E-state index contributed by atoms with van der Waals surface area (Å²) in [6, 6.07) is 24.1. The van der Waals surface area contributed by atoms with Crippen LogP contribution in [0, 0.1) is 0 Å². The lowest BCUT2D eigenvalue weighted by Gasteiger charge is -2.31. The van der Waals surface area contributed by atoms with Gasteiger partial charge < -0.3 is 10.2 Å². The van der Waals surface area contributed by atoms with Crippen LogP contribution in [0.2, 0.25) is 10.0 Å². The standard InChI is InChI=1S/C27H28Cl2N2O2S/c1-2-30-27(33)25(16-20-9-4-3-5-10-20)31(17-22-12-6-7-14-24(22)29)26(32)19-34-18-21-11-8-13-23(28)15-21/h3-15,25H,2,16-19H2,1H3,(H,30,33)/t25-/m0/s1. The molecule has 4 nitrogen and oxygen atoms in total. The maximum absolute atomic E-state index is 13.5. The summed E-state index contributed by atoms with van der Waals surface area (Å²) in [5, 5.41) is 4.14. The van der Waals surface area contributed by atoms with Crippen LogP contribution in [-0.2, 0) is 28.3 Å². The van der Waals surface area contributed by atoms with Gasteiger partial charge in [-0.1, -0.05) is 83.9 Å². The molecule has 1 atom stereocenters. The van der Waals surface area contributed by atoms with Crippen LogP contribution in [0.4, 0.5) is 0 Å². The SMILES string of the molecule is CCNC(=O)[C@H](Cc1ccccc1)N(Cc1ccccc1Cl)C(=O)CSCc1cccc(Cl)c1. The summed E-state index contributed by atoms with van der Waals surface area (Å²) in [5.41, 5.74) is 2.84. The van der Waals surface area contributed by atoms with E-state index in [1.165, 1.54) is 11.8 Å². The Morgan fingerprint density at radius 2 is 1.65 bits per heavy atom. The zero-order chi connectivity index (χ0) is 24.3. The molecule has 34 heavy (non-hydrogen) atoms. The summed E-state index contributed by atoms with van der Waals surface area (Å²) >= 11 is 14.0. The molecule has 3 aromatic rings. The predicted molar refractivity (Wildman–Crippen MR) is 142 cm³/mol. The Balaban J connectivity index is 1.83. The second kappa shape index (κ2) is 13.4. The Bertz CT molecular complexity index is 1090. The van der Waals surface area contributed by atoms with Gasteiger partial charge in [0.25, 0.3) is 0 Å². The number of hydrogen-bond donors (Lipinski definition) is 1. The minimum atomic E-state index is -0.655. The monoisotopic (exact) mass is 514 g/mol. The molecule has 3 rings (SSSR count). The topological polar surface area (TPSA) is 49.4 Å². The molecule has 0 bridgehead atoms. The van der Waals surface area contributed by atoms with Crippen LogP contribution < -0.4 is 5.32 Å². The van der Waals surface area contributed by atoms with Crippen LogP contribution in [0.25, 0.3) is 0 Å². The van der Waals surface area contributed by atoms with E-state index in [0.29, 0.717) is 28.8 Å². The summed E-state index contributed by atoms with van der Waals surface area (Å²) in [6.07, 6.45) is 0.418. The number of rotatable bonds is 11. The highest BCUT2D eigenvalue weighted by Gasteiger charge is 2.30. The van der Waals surface area contributed by atoms with E-state index in [1.54, 1.807) is 11.0 Å². The first-order valence-electron chi connectivity index (χ1n) is 11.1. The first-order chi connectivity index (χ1) is 16.5. The van der Waals surface area contributed by atoms with Gasteiger partial charge in [-0.15, -0.1) is 11.8 Å². The molecule has 0 aromatic heterocycles. The molecule has 0 saturated heterocycles. The number of amides is 2. The fourth-order valence-electron chi connectivity index (χ4n) is 3.62. The molecule has 0 spiro atoms. The van der Waals surface area contributed by atoms with E-state index in [9.17, 15) is 9.59 Å². The number of halogens is 2. The fraction of sp³-hybridized carbons (Fsp3) is 0.259. The van der Waals surface area contributed by atoms with Gasteiger partial charge in [-0.05, 0) is 41.8 Å². The van der Waals surface area contributed by atoms with Gasteiger partial charge in [-0.3, -0.25) is 9.59 Å². The molecular formula is C27H28Cl2N2O2S. The van der Waals surface area contributed by atoms with Crippen molar-refractivity contribution in [3.63, 3.8) is 0 Å². The highest BCUT2D eigenvalue weighted by atomic mass is 35.5. The Morgan fingerprint density at radius 3 is 2.35 bits per heavy atom. The van der Waals surface area contributed by atoms with Crippen molar-refractivity contribution >= 4 is 46.8 Å². The van der Waals surface area contributed by atoms with Gasteiger partial charge >= 0.3 is 0 Å². The van der Waals surface area contributed by atoms with Gasteiger partial charge in [0, 0.05) is 35.3 Å². The number of carbonyl (C=O) groups excluding carboxylic acids is 2. The van der Waals surface area contributed by atoms with Gasteiger partial charge in [-0.2, -0.15) is 0 Å². The van der Waals surface area contributed by atoms with Gasteiger partial charge in [0.1, 0.15) is 6.04 Å². The second-order valence-electron chi connectivity index (χ2n) is 7.84. The second-order valence-corrected chi connectivity index (χ2v) is 9.67. The number of benzene rings is 3. The molecule has 3 aromatic carbocycles. The van der Waals surface area contributed by atoms with E-state index in [0.717, 1.165) is 16.7 Å². The number of thioether (sulfide) groups is 1. The molecule has 0 aliphatic rings. The molecule has 0 saturated carbocycles. The van der Waals surface area contributed by atoms with Crippen LogP contribution in [0.5, 0.6) is 0 Å². The normalized spacial score (nSPS) is 11.6. The molecule has 2 amide bonds. The van der Waals surface area contributed by atoms with E-state index < -0.39 is 6.04 Å². The van der Waals surface area contributed by atoms with Crippen LogP contribution in [-0.4, -0.2) is 35.1 Å².